The first kappa shape index (κ1) is 12.1. The van der Waals surface area contributed by atoms with Crippen LogP contribution in [0.25, 0.3) is 0 Å². The van der Waals surface area contributed by atoms with Crippen molar-refractivity contribution < 1.29 is 4.79 Å². The molecule has 0 radical (unpaired) electrons. The van der Waals surface area contributed by atoms with Crippen LogP contribution in [-0.2, 0) is 4.79 Å². The number of hydrogen-bond acceptors (Lipinski definition) is 2. The summed E-state index contributed by atoms with van der Waals surface area (Å²) in [5.41, 5.74) is 0.877. The minimum absolute atomic E-state index is 0.0882. The molecular formula is C14H20N2O. The molecule has 1 aliphatic heterocycles. The van der Waals surface area contributed by atoms with Crippen LogP contribution in [-0.4, -0.2) is 30.4 Å². The van der Waals surface area contributed by atoms with Crippen LogP contribution in [0.1, 0.15) is 19.8 Å². The molecule has 2 rings (SSSR count). The SMILES string of the molecule is CC1CCCN(CC(=O)Nc2ccccc2)C1. The number of hydrogen-bond donors (Lipinski definition) is 1. The Morgan fingerprint density at radius 1 is 1.41 bits per heavy atom. The number of anilines is 1. The Kier molecular flexibility index (Phi) is 4.15. The number of carbonyl (C=O) groups is 1. The lowest BCUT2D eigenvalue weighted by molar-refractivity contribution is -0.117. The Labute approximate surface area is 103 Å². The summed E-state index contributed by atoms with van der Waals surface area (Å²) in [5, 5.41) is 2.92. The van der Waals surface area contributed by atoms with E-state index in [1.807, 2.05) is 30.3 Å². The van der Waals surface area contributed by atoms with Crippen LogP contribution in [0.5, 0.6) is 0 Å². The maximum absolute atomic E-state index is 11.8. The van der Waals surface area contributed by atoms with Gasteiger partial charge in [-0.25, -0.2) is 0 Å². The van der Waals surface area contributed by atoms with Gasteiger partial charge in [-0.1, -0.05) is 25.1 Å². The average Bonchev–Trinajstić information content (AvgIpc) is 2.30. The summed E-state index contributed by atoms with van der Waals surface area (Å²) in [4.78, 5) is 14.1. The smallest absolute Gasteiger partial charge is 0.238 e. The van der Waals surface area contributed by atoms with Gasteiger partial charge in [-0.2, -0.15) is 0 Å². The number of para-hydroxylation sites is 1. The van der Waals surface area contributed by atoms with Crippen molar-refractivity contribution in [3.8, 4) is 0 Å². The molecule has 92 valence electrons. The van der Waals surface area contributed by atoms with E-state index in [-0.39, 0.29) is 5.91 Å². The van der Waals surface area contributed by atoms with E-state index in [2.05, 4.69) is 17.1 Å². The lowest BCUT2D eigenvalue weighted by Crippen LogP contribution is -2.39. The molecule has 0 saturated carbocycles. The highest BCUT2D eigenvalue weighted by Crippen LogP contribution is 2.15. The molecule has 0 aromatic heterocycles. The van der Waals surface area contributed by atoms with Gasteiger partial charge in [0, 0.05) is 12.2 Å². The van der Waals surface area contributed by atoms with Gasteiger partial charge >= 0.3 is 0 Å². The molecule has 1 N–H and O–H groups in total. The Morgan fingerprint density at radius 2 is 2.18 bits per heavy atom. The van der Waals surface area contributed by atoms with Crippen molar-refractivity contribution >= 4 is 11.6 Å². The van der Waals surface area contributed by atoms with Gasteiger partial charge in [-0.3, -0.25) is 9.69 Å². The average molecular weight is 232 g/mol. The zero-order valence-corrected chi connectivity index (χ0v) is 10.4. The molecule has 3 heteroatoms. The fourth-order valence-corrected chi connectivity index (χ4v) is 2.36. The third-order valence-corrected chi connectivity index (χ3v) is 3.17. The summed E-state index contributed by atoms with van der Waals surface area (Å²) >= 11 is 0. The molecule has 1 fully saturated rings. The largest absolute Gasteiger partial charge is 0.325 e. The highest BCUT2D eigenvalue weighted by molar-refractivity contribution is 5.92. The second-order valence-corrected chi connectivity index (χ2v) is 4.90. The van der Waals surface area contributed by atoms with Crippen molar-refractivity contribution in [3.63, 3.8) is 0 Å². The molecule has 0 bridgehead atoms. The Hall–Kier alpha value is -1.35. The summed E-state index contributed by atoms with van der Waals surface area (Å²) in [7, 11) is 0. The summed E-state index contributed by atoms with van der Waals surface area (Å²) in [6.45, 7) is 4.86. The number of nitrogens with zero attached hydrogens (tertiary/aromatic N) is 1. The first-order valence-corrected chi connectivity index (χ1v) is 6.31. The molecular weight excluding hydrogens is 212 g/mol. The Morgan fingerprint density at radius 3 is 2.88 bits per heavy atom. The van der Waals surface area contributed by atoms with E-state index in [1.165, 1.54) is 12.8 Å². The number of benzene rings is 1. The molecule has 1 aromatic rings. The number of piperidine rings is 1. The van der Waals surface area contributed by atoms with E-state index in [4.69, 9.17) is 0 Å². The Bertz CT molecular complexity index is 364. The minimum atomic E-state index is 0.0882. The minimum Gasteiger partial charge on any atom is -0.325 e. The number of amides is 1. The normalized spacial score (nSPS) is 21.1. The molecule has 0 spiro atoms. The Balaban J connectivity index is 1.81. The molecule has 0 aliphatic carbocycles. The summed E-state index contributed by atoms with van der Waals surface area (Å²) in [5.74, 6) is 0.804. The highest BCUT2D eigenvalue weighted by atomic mass is 16.2. The van der Waals surface area contributed by atoms with Crippen molar-refractivity contribution in [1.82, 2.24) is 4.90 Å². The molecule has 1 heterocycles. The van der Waals surface area contributed by atoms with Crippen LogP contribution in [0.4, 0.5) is 5.69 Å². The van der Waals surface area contributed by atoms with Gasteiger partial charge in [0.05, 0.1) is 6.54 Å². The van der Waals surface area contributed by atoms with Crippen LogP contribution >= 0.6 is 0 Å². The van der Waals surface area contributed by atoms with Gasteiger partial charge in [0.2, 0.25) is 5.91 Å². The van der Waals surface area contributed by atoms with Crippen molar-refractivity contribution in [2.75, 3.05) is 25.0 Å². The maximum atomic E-state index is 11.8. The first-order valence-electron chi connectivity index (χ1n) is 6.31. The van der Waals surface area contributed by atoms with Gasteiger partial charge in [0.25, 0.3) is 0 Å². The highest BCUT2D eigenvalue weighted by Gasteiger charge is 2.18. The summed E-state index contributed by atoms with van der Waals surface area (Å²) < 4.78 is 0. The second kappa shape index (κ2) is 5.82. The van der Waals surface area contributed by atoms with Gasteiger partial charge in [0.15, 0.2) is 0 Å². The molecule has 1 amide bonds. The number of rotatable bonds is 3. The van der Waals surface area contributed by atoms with Crippen LogP contribution in [0.2, 0.25) is 0 Å². The molecule has 17 heavy (non-hydrogen) atoms. The molecule has 1 aromatic carbocycles. The molecule has 1 aliphatic rings. The summed E-state index contributed by atoms with van der Waals surface area (Å²) in [6.07, 6.45) is 2.50. The van der Waals surface area contributed by atoms with Crippen LogP contribution in [0.15, 0.2) is 30.3 Å². The molecule has 1 saturated heterocycles. The number of likely N-dealkylation sites (tertiary alicyclic amines) is 1. The van der Waals surface area contributed by atoms with Crippen molar-refractivity contribution in [2.45, 2.75) is 19.8 Å². The van der Waals surface area contributed by atoms with Gasteiger partial charge in [-0.05, 0) is 37.4 Å². The topological polar surface area (TPSA) is 32.3 Å². The second-order valence-electron chi connectivity index (χ2n) is 4.90. The fraction of sp³-hybridized carbons (Fsp3) is 0.500. The lowest BCUT2D eigenvalue weighted by Gasteiger charge is -2.30. The van der Waals surface area contributed by atoms with Crippen LogP contribution < -0.4 is 5.32 Å². The van der Waals surface area contributed by atoms with Crippen molar-refractivity contribution in [3.05, 3.63) is 30.3 Å². The quantitative estimate of drug-likeness (QED) is 0.867. The van der Waals surface area contributed by atoms with E-state index in [9.17, 15) is 4.79 Å². The standard InChI is InChI=1S/C14H20N2O/c1-12-6-5-9-16(10-12)11-14(17)15-13-7-3-2-4-8-13/h2-4,7-8,12H,5-6,9-11H2,1H3,(H,15,17). The van der Waals surface area contributed by atoms with Crippen LogP contribution in [0.3, 0.4) is 0 Å². The van der Waals surface area contributed by atoms with E-state index in [0.29, 0.717) is 12.5 Å². The third-order valence-electron chi connectivity index (χ3n) is 3.17. The van der Waals surface area contributed by atoms with Crippen molar-refractivity contribution in [1.29, 1.82) is 0 Å². The van der Waals surface area contributed by atoms with Gasteiger partial charge in [-0.15, -0.1) is 0 Å². The van der Waals surface area contributed by atoms with Crippen LogP contribution in [0, 0.1) is 5.92 Å². The predicted octanol–water partition coefficient (Wildman–Crippen LogP) is 2.36. The van der Waals surface area contributed by atoms with E-state index < -0.39 is 0 Å². The van der Waals surface area contributed by atoms with Gasteiger partial charge < -0.3 is 5.32 Å². The molecule has 1 unspecified atom stereocenters. The maximum Gasteiger partial charge on any atom is 0.238 e. The van der Waals surface area contributed by atoms with E-state index in [0.717, 1.165) is 18.8 Å². The lowest BCUT2D eigenvalue weighted by atomic mass is 10.0. The zero-order valence-electron chi connectivity index (χ0n) is 10.4. The monoisotopic (exact) mass is 232 g/mol. The summed E-state index contributed by atoms with van der Waals surface area (Å²) in [6, 6.07) is 9.63. The van der Waals surface area contributed by atoms with E-state index in [1.54, 1.807) is 0 Å². The fourth-order valence-electron chi connectivity index (χ4n) is 2.36. The predicted molar refractivity (Wildman–Crippen MR) is 69.9 cm³/mol. The molecule has 3 nitrogen and oxygen atoms in total. The third kappa shape index (κ3) is 3.86. The van der Waals surface area contributed by atoms with Gasteiger partial charge in [0.1, 0.15) is 0 Å². The molecule has 1 atom stereocenters. The zero-order chi connectivity index (χ0) is 12.1. The number of carbonyl (C=O) groups excluding carboxylic acids is 1. The van der Waals surface area contributed by atoms with Crippen molar-refractivity contribution in [2.24, 2.45) is 5.92 Å². The first-order chi connectivity index (χ1) is 8.24. The van der Waals surface area contributed by atoms with E-state index >= 15 is 0 Å². The number of nitrogens with one attached hydrogen (secondary N) is 1.